The Balaban J connectivity index is 1.56. The second-order valence-electron chi connectivity index (χ2n) is 5.76. The topological polar surface area (TPSA) is 62.5 Å². The Kier molecular flexibility index (Phi) is 4.23. The van der Waals surface area contributed by atoms with Gasteiger partial charge in [-0.25, -0.2) is 0 Å². The third-order valence-corrected chi connectivity index (χ3v) is 4.34. The monoisotopic (exact) mass is 319 g/mol. The summed E-state index contributed by atoms with van der Waals surface area (Å²) >= 11 is 5.83. The fourth-order valence-electron chi connectivity index (χ4n) is 2.66. The Labute approximate surface area is 134 Å². The van der Waals surface area contributed by atoms with Gasteiger partial charge in [0.2, 0.25) is 5.91 Å². The first-order valence-electron chi connectivity index (χ1n) is 7.33. The molecule has 0 bridgehead atoms. The van der Waals surface area contributed by atoms with E-state index in [-0.39, 0.29) is 23.8 Å². The van der Waals surface area contributed by atoms with Crippen LogP contribution >= 0.6 is 11.6 Å². The van der Waals surface area contributed by atoms with E-state index in [1.54, 1.807) is 37.5 Å². The van der Waals surface area contributed by atoms with E-state index < -0.39 is 6.10 Å². The second-order valence-corrected chi connectivity index (χ2v) is 6.19. The second kappa shape index (κ2) is 6.15. The SMILES string of the molecule is CC(NC(=O)C1CC1c1ccco1)C(O)c1ccc(Cl)cc1. The first-order valence-corrected chi connectivity index (χ1v) is 7.71. The van der Waals surface area contributed by atoms with Gasteiger partial charge in [-0.05, 0) is 43.2 Å². The number of amides is 1. The highest BCUT2D eigenvalue weighted by Crippen LogP contribution is 2.47. The largest absolute Gasteiger partial charge is 0.469 e. The molecule has 4 nitrogen and oxygen atoms in total. The molecule has 1 heterocycles. The molecule has 1 amide bonds. The van der Waals surface area contributed by atoms with Crippen LogP contribution in [0, 0.1) is 5.92 Å². The van der Waals surface area contributed by atoms with Crippen molar-refractivity contribution in [1.82, 2.24) is 5.32 Å². The summed E-state index contributed by atoms with van der Waals surface area (Å²) in [6.45, 7) is 1.79. The number of carbonyl (C=O) groups excluding carboxylic acids is 1. The van der Waals surface area contributed by atoms with Gasteiger partial charge in [-0.1, -0.05) is 23.7 Å². The van der Waals surface area contributed by atoms with Crippen molar-refractivity contribution in [3.05, 3.63) is 59.0 Å². The van der Waals surface area contributed by atoms with Gasteiger partial charge in [-0.3, -0.25) is 4.79 Å². The van der Waals surface area contributed by atoms with E-state index >= 15 is 0 Å². The van der Waals surface area contributed by atoms with Crippen molar-refractivity contribution >= 4 is 17.5 Å². The van der Waals surface area contributed by atoms with Gasteiger partial charge in [0.25, 0.3) is 0 Å². The average molecular weight is 320 g/mol. The molecule has 2 aromatic rings. The minimum atomic E-state index is -0.762. The van der Waals surface area contributed by atoms with Gasteiger partial charge in [0.15, 0.2) is 0 Å². The van der Waals surface area contributed by atoms with Crippen LogP contribution in [-0.2, 0) is 4.79 Å². The lowest BCUT2D eigenvalue weighted by atomic mass is 10.0. The lowest BCUT2D eigenvalue weighted by Gasteiger charge is -2.20. The molecule has 1 aromatic heterocycles. The zero-order chi connectivity index (χ0) is 15.7. The number of aliphatic hydroxyl groups is 1. The summed E-state index contributed by atoms with van der Waals surface area (Å²) in [6, 6.07) is 10.3. The normalized spacial score (nSPS) is 22.9. The number of benzene rings is 1. The van der Waals surface area contributed by atoms with Gasteiger partial charge < -0.3 is 14.8 Å². The quantitative estimate of drug-likeness (QED) is 0.889. The van der Waals surface area contributed by atoms with E-state index in [1.807, 2.05) is 12.1 Å². The Morgan fingerprint density at radius 2 is 2.09 bits per heavy atom. The summed E-state index contributed by atoms with van der Waals surface area (Å²) in [7, 11) is 0. The average Bonchev–Trinajstić information content (AvgIpc) is 3.13. The number of halogens is 1. The molecule has 0 spiro atoms. The number of rotatable bonds is 5. The van der Waals surface area contributed by atoms with Gasteiger partial charge in [0.05, 0.1) is 18.4 Å². The summed E-state index contributed by atoms with van der Waals surface area (Å²) in [5.74, 6) is 0.911. The summed E-state index contributed by atoms with van der Waals surface area (Å²) < 4.78 is 5.33. The van der Waals surface area contributed by atoms with Crippen LogP contribution < -0.4 is 5.32 Å². The van der Waals surface area contributed by atoms with Crippen LogP contribution in [0.4, 0.5) is 0 Å². The van der Waals surface area contributed by atoms with E-state index in [1.165, 1.54) is 0 Å². The van der Waals surface area contributed by atoms with Crippen LogP contribution in [0.2, 0.25) is 5.02 Å². The highest BCUT2D eigenvalue weighted by molar-refractivity contribution is 6.30. The molecule has 1 aliphatic rings. The predicted octanol–water partition coefficient (Wildman–Crippen LogP) is 3.27. The van der Waals surface area contributed by atoms with Crippen molar-refractivity contribution in [2.75, 3.05) is 0 Å². The fourth-order valence-corrected chi connectivity index (χ4v) is 2.79. The van der Waals surface area contributed by atoms with Gasteiger partial charge in [0.1, 0.15) is 5.76 Å². The van der Waals surface area contributed by atoms with Crippen molar-refractivity contribution in [3.63, 3.8) is 0 Å². The Morgan fingerprint density at radius 1 is 1.36 bits per heavy atom. The van der Waals surface area contributed by atoms with Crippen molar-refractivity contribution in [2.24, 2.45) is 5.92 Å². The number of hydrogen-bond donors (Lipinski definition) is 2. The van der Waals surface area contributed by atoms with E-state index in [2.05, 4.69) is 5.32 Å². The lowest BCUT2D eigenvalue weighted by Crippen LogP contribution is -2.38. The lowest BCUT2D eigenvalue weighted by molar-refractivity contribution is -0.123. The molecule has 3 rings (SSSR count). The smallest absolute Gasteiger partial charge is 0.224 e. The van der Waals surface area contributed by atoms with E-state index in [0.717, 1.165) is 17.7 Å². The van der Waals surface area contributed by atoms with Gasteiger partial charge in [0, 0.05) is 16.9 Å². The highest BCUT2D eigenvalue weighted by atomic mass is 35.5. The third-order valence-electron chi connectivity index (χ3n) is 4.09. The molecule has 4 atom stereocenters. The number of hydrogen-bond acceptors (Lipinski definition) is 3. The molecular formula is C17H18ClNO3. The molecule has 1 aliphatic carbocycles. The Hall–Kier alpha value is -1.78. The van der Waals surface area contributed by atoms with Crippen molar-refractivity contribution < 1.29 is 14.3 Å². The molecule has 4 unspecified atom stereocenters. The minimum absolute atomic E-state index is 0.0399. The summed E-state index contributed by atoms with van der Waals surface area (Å²) in [5, 5.41) is 13.8. The molecule has 116 valence electrons. The van der Waals surface area contributed by atoms with Crippen molar-refractivity contribution in [3.8, 4) is 0 Å². The zero-order valence-electron chi connectivity index (χ0n) is 12.2. The molecule has 1 saturated carbocycles. The standard InChI is InChI=1S/C17H18ClNO3/c1-10(16(20)11-4-6-12(18)7-5-11)19-17(21)14-9-13(14)15-3-2-8-22-15/h2-8,10,13-14,16,20H,9H2,1H3,(H,19,21). The molecule has 1 aromatic carbocycles. The predicted molar refractivity (Wildman–Crippen MR) is 83.6 cm³/mol. The van der Waals surface area contributed by atoms with Crippen LogP contribution in [-0.4, -0.2) is 17.1 Å². The van der Waals surface area contributed by atoms with Crippen LogP contribution in [0.3, 0.4) is 0 Å². The van der Waals surface area contributed by atoms with E-state index in [9.17, 15) is 9.90 Å². The molecule has 1 fully saturated rings. The van der Waals surface area contributed by atoms with Gasteiger partial charge in [-0.15, -0.1) is 0 Å². The van der Waals surface area contributed by atoms with Crippen LogP contribution in [0.1, 0.15) is 36.7 Å². The van der Waals surface area contributed by atoms with E-state index in [0.29, 0.717) is 5.02 Å². The maximum atomic E-state index is 12.2. The van der Waals surface area contributed by atoms with E-state index in [4.69, 9.17) is 16.0 Å². The van der Waals surface area contributed by atoms with Crippen LogP contribution in [0.15, 0.2) is 47.1 Å². The van der Waals surface area contributed by atoms with Crippen LogP contribution in [0.25, 0.3) is 0 Å². The molecule has 0 radical (unpaired) electrons. The zero-order valence-corrected chi connectivity index (χ0v) is 13.0. The summed E-state index contributed by atoms with van der Waals surface area (Å²) in [5.41, 5.74) is 0.732. The first kappa shape index (κ1) is 15.1. The minimum Gasteiger partial charge on any atom is -0.469 e. The number of nitrogens with one attached hydrogen (secondary N) is 1. The Bertz CT molecular complexity index is 638. The highest BCUT2D eigenvalue weighted by Gasteiger charge is 2.46. The number of carbonyl (C=O) groups is 1. The molecule has 0 saturated heterocycles. The molecular weight excluding hydrogens is 302 g/mol. The maximum absolute atomic E-state index is 12.2. The number of aliphatic hydroxyl groups excluding tert-OH is 1. The maximum Gasteiger partial charge on any atom is 0.224 e. The molecule has 22 heavy (non-hydrogen) atoms. The van der Waals surface area contributed by atoms with Gasteiger partial charge >= 0.3 is 0 Å². The molecule has 2 N–H and O–H groups in total. The first-order chi connectivity index (χ1) is 10.6. The summed E-state index contributed by atoms with van der Waals surface area (Å²) in [6.07, 6.45) is 1.65. The van der Waals surface area contributed by atoms with Crippen molar-refractivity contribution in [2.45, 2.75) is 31.4 Å². The molecule has 0 aliphatic heterocycles. The Morgan fingerprint density at radius 3 is 2.73 bits per heavy atom. The number of furan rings is 1. The van der Waals surface area contributed by atoms with Crippen molar-refractivity contribution in [1.29, 1.82) is 0 Å². The molecule has 5 heteroatoms. The summed E-state index contributed by atoms with van der Waals surface area (Å²) in [4.78, 5) is 12.2. The fraction of sp³-hybridized carbons (Fsp3) is 0.353. The van der Waals surface area contributed by atoms with Gasteiger partial charge in [-0.2, -0.15) is 0 Å². The third kappa shape index (κ3) is 3.18. The van der Waals surface area contributed by atoms with Crippen LogP contribution in [0.5, 0.6) is 0 Å².